The van der Waals surface area contributed by atoms with E-state index in [0.29, 0.717) is 23.7 Å². The molecule has 5 unspecified atom stereocenters. The Labute approximate surface area is 155 Å². The molecule has 0 amide bonds. The summed E-state index contributed by atoms with van der Waals surface area (Å²) >= 11 is 0. The van der Waals surface area contributed by atoms with Gasteiger partial charge in [0.2, 0.25) is 0 Å². The topological polar surface area (TPSA) is 0 Å². The van der Waals surface area contributed by atoms with E-state index in [-0.39, 0.29) is 5.41 Å². The van der Waals surface area contributed by atoms with E-state index in [2.05, 4.69) is 97.2 Å². The zero-order valence-electron chi connectivity index (χ0n) is 14.8. The first-order valence-electron chi connectivity index (χ1n) is 9.78. The highest BCUT2D eigenvalue weighted by molar-refractivity contribution is 5.61. The van der Waals surface area contributed by atoms with Crippen LogP contribution in [0.25, 0.3) is 0 Å². The molecule has 0 saturated carbocycles. The largest absolute Gasteiger partial charge is 0.0802 e. The van der Waals surface area contributed by atoms with E-state index in [1.807, 2.05) is 0 Å². The van der Waals surface area contributed by atoms with E-state index in [1.54, 1.807) is 5.57 Å². The van der Waals surface area contributed by atoms with Crippen molar-refractivity contribution in [1.29, 1.82) is 0 Å². The fourth-order valence-corrected chi connectivity index (χ4v) is 5.67. The summed E-state index contributed by atoms with van der Waals surface area (Å²) in [6, 6.07) is 0. The van der Waals surface area contributed by atoms with Gasteiger partial charge in [-0.2, -0.15) is 0 Å². The highest BCUT2D eigenvalue weighted by Crippen LogP contribution is 2.55. The van der Waals surface area contributed by atoms with Gasteiger partial charge in [-0.3, -0.25) is 0 Å². The van der Waals surface area contributed by atoms with Crippen molar-refractivity contribution in [3.05, 3.63) is 120 Å². The minimum Gasteiger partial charge on any atom is -0.0802 e. The molecule has 6 rings (SSSR count). The van der Waals surface area contributed by atoms with E-state index in [1.165, 1.54) is 23.1 Å². The lowest BCUT2D eigenvalue weighted by atomic mass is 9.56. The molecule has 0 saturated heterocycles. The van der Waals surface area contributed by atoms with Gasteiger partial charge >= 0.3 is 0 Å². The van der Waals surface area contributed by atoms with Gasteiger partial charge in [-0.25, -0.2) is 0 Å². The predicted octanol–water partition coefficient (Wildman–Crippen LogP) is 5.95. The number of hydrogen-bond donors (Lipinski definition) is 0. The van der Waals surface area contributed by atoms with Gasteiger partial charge in [-0.05, 0) is 34.6 Å². The third-order valence-electron chi connectivity index (χ3n) is 6.95. The molecule has 0 N–H and O–H groups in total. The Hall–Kier alpha value is -2.60. The van der Waals surface area contributed by atoms with Gasteiger partial charge in [0.1, 0.15) is 0 Å². The monoisotopic (exact) mass is 334 g/mol. The SMILES string of the molecule is C1=CC2=CC3C4=C(C=CC3CC2C=C1)C1C=CC=CC12C=CC=CC2=C4. The zero-order valence-corrected chi connectivity index (χ0v) is 14.8. The third-order valence-corrected chi connectivity index (χ3v) is 6.95. The molecule has 1 spiro atoms. The minimum absolute atomic E-state index is 0.0112. The summed E-state index contributed by atoms with van der Waals surface area (Å²) in [5, 5.41) is 0. The van der Waals surface area contributed by atoms with Crippen molar-refractivity contribution in [3.63, 3.8) is 0 Å². The van der Waals surface area contributed by atoms with Crippen LogP contribution in [0.2, 0.25) is 0 Å². The Balaban J connectivity index is 1.52. The molecule has 0 aliphatic heterocycles. The van der Waals surface area contributed by atoms with Crippen molar-refractivity contribution >= 4 is 0 Å². The van der Waals surface area contributed by atoms with Gasteiger partial charge in [0.25, 0.3) is 0 Å². The molecule has 0 aromatic heterocycles. The molecule has 0 fully saturated rings. The van der Waals surface area contributed by atoms with Crippen molar-refractivity contribution in [1.82, 2.24) is 0 Å². The molecule has 6 aliphatic rings. The van der Waals surface area contributed by atoms with Crippen molar-refractivity contribution in [2.75, 3.05) is 0 Å². The van der Waals surface area contributed by atoms with Gasteiger partial charge in [-0.1, -0.05) is 97.2 Å². The summed E-state index contributed by atoms with van der Waals surface area (Å²) < 4.78 is 0. The van der Waals surface area contributed by atoms with Gasteiger partial charge in [0.15, 0.2) is 0 Å². The third kappa shape index (κ3) is 1.85. The van der Waals surface area contributed by atoms with Crippen LogP contribution in [0, 0.1) is 29.1 Å². The standard InChI is InChI=1S/C26H22/c1-2-8-19-16-23-20(15-18(19)7-1)11-12-22-24(23)17-21-9-3-5-13-26(21)14-6-4-10-25(22)26/h1-14,16-18,20,23,25H,15H2. The normalized spacial score (nSPS) is 40.3. The van der Waals surface area contributed by atoms with Crippen LogP contribution in [-0.4, -0.2) is 0 Å². The Morgan fingerprint density at radius 3 is 2.58 bits per heavy atom. The molecule has 0 heterocycles. The molecule has 26 heavy (non-hydrogen) atoms. The summed E-state index contributed by atoms with van der Waals surface area (Å²) in [4.78, 5) is 0. The second kappa shape index (κ2) is 5.20. The maximum Gasteiger partial charge on any atom is 0.0421 e. The summed E-state index contributed by atoms with van der Waals surface area (Å²) in [7, 11) is 0. The van der Waals surface area contributed by atoms with Crippen molar-refractivity contribution in [2.45, 2.75) is 6.42 Å². The van der Waals surface area contributed by atoms with Crippen LogP contribution in [-0.2, 0) is 0 Å². The lowest BCUT2D eigenvalue weighted by molar-refractivity contribution is 0.399. The van der Waals surface area contributed by atoms with Crippen LogP contribution in [0.5, 0.6) is 0 Å². The van der Waals surface area contributed by atoms with Gasteiger partial charge < -0.3 is 0 Å². The van der Waals surface area contributed by atoms with Crippen LogP contribution in [0.15, 0.2) is 120 Å². The quantitative estimate of drug-likeness (QED) is 0.513. The summed E-state index contributed by atoms with van der Waals surface area (Å²) in [6.07, 6.45) is 38.6. The first-order chi connectivity index (χ1) is 12.9. The van der Waals surface area contributed by atoms with Crippen LogP contribution in [0.4, 0.5) is 0 Å². The first kappa shape index (κ1) is 14.6. The van der Waals surface area contributed by atoms with Crippen molar-refractivity contribution in [2.24, 2.45) is 29.1 Å². The minimum atomic E-state index is 0.0112. The lowest BCUT2D eigenvalue weighted by Gasteiger charge is -2.47. The molecular formula is C26H22. The Morgan fingerprint density at radius 1 is 0.769 bits per heavy atom. The predicted molar refractivity (Wildman–Crippen MR) is 108 cm³/mol. The highest BCUT2D eigenvalue weighted by Gasteiger charge is 2.45. The second-order valence-electron chi connectivity index (χ2n) is 8.18. The van der Waals surface area contributed by atoms with Crippen LogP contribution < -0.4 is 0 Å². The Morgan fingerprint density at radius 2 is 1.62 bits per heavy atom. The van der Waals surface area contributed by atoms with E-state index in [9.17, 15) is 0 Å². The molecule has 0 bridgehead atoms. The van der Waals surface area contributed by atoms with Crippen molar-refractivity contribution < 1.29 is 0 Å². The molecule has 5 atom stereocenters. The Bertz CT molecular complexity index is 969. The van der Waals surface area contributed by atoms with E-state index in [0.717, 1.165) is 0 Å². The highest BCUT2D eigenvalue weighted by atomic mass is 14.5. The fourth-order valence-electron chi connectivity index (χ4n) is 5.67. The van der Waals surface area contributed by atoms with Crippen LogP contribution >= 0.6 is 0 Å². The number of rotatable bonds is 0. The zero-order chi connectivity index (χ0) is 17.1. The summed E-state index contributed by atoms with van der Waals surface area (Å²) in [6.45, 7) is 0. The maximum atomic E-state index is 2.55. The number of allylic oxidation sites excluding steroid dienone is 20. The first-order valence-corrected chi connectivity index (χ1v) is 9.78. The number of fused-ring (bicyclic) bond motifs is 4. The van der Waals surface area contributed by atoms with E-state index >= 15 is 0 Å². The maximum absolute atomic E-state index is 2.55. The smallest absolute Gasteiger partial charge is 0.0421 e. The number of hydrogen-bond acceptors (Lipinski definition) is 0. The molecule has 126 valence electrons. The summed E-state index contributed by atoms with van der Waals surface area (Å²) in [5.74, 6) is 2.15. The Kier molecular flexibility index (Phi) is 2.91. The van der Waals surface area contributed by atoms with Gasteiger partial charge in [-0.15, -0.1) is 0 Å². The molecule has 0 aromatic carbocycles. The molecular weight excluding hydrogens is 312 g/mol. The molecule has 0 aromatic rings. The molecule has 0 radical (unpaired) electrons. The lowest BCUT2D eigenvalue weighted by Crippen LogP contribution is -2.37. The molecule has 0 heteroatoms. The van der Waals surface area contributed by atoms with Gasteiger partial charge in [0, 0.05) is 23.2 Å². The fraction of sp³-hybridized carbons (Fsp3) is 0.231. The van der Waals surface area contributed by atoms with Crippen LogP contribution in [0.3, 0.4) is 0 Å². The van der Waals surface area contributed by atoms with Crippen molar-refractivity contribution in [3.8, 4) is 0 Å². The average Bonchev–Trinajstić information content (AvgIpc) is 2.70. The van der Waals surface area contributed by atoms with E-state index < -0.39 is 0 Å². The van der Waals surface area contributed by atoms with E-state index in [4.69, 9.17) is 0 Å². The summed E-state index contributed by atoms with van der Waals surface area (Å²) in [5.41, 5.74) is 6.02. The second-order valence-corrected chi connectivity index (χ2v) is 8.18. The van der Waals surface area contributed by atoms with Crippen LogP contribution in [0.1, 0.15) is 6.42 Å². The molecule has 0 nitrogen and oxygen atoms in total. The van der Waals surface area contributed by atoms with Gasteiger partial charge in [0.05, 0.1) is 0 Å². The molecule has 6 aliphatic carbocycles. The average molecular weight is 334 g/mol.